The summed E-state index contributed by atoms with van der Waals surface area (Å²) in [5.41, 5.74) is 0.670. The molecule has 0 spiro atoms. The molecule has 34 heavy (non-hydrogen) atoms. The van der Waals surface area contributed by atoms with Crippen LogP contribution in [0.15, 0.2) is 11.6 Å². The lowest BCUT2D eigenvalue weighted by Crippen LogP contribution is -2.66. The summed E-state index contributed by atoms with van der Waals surface area (Å²) in [7, 11) is 0. The van der Waals surface area contributed by atoms with Crippen LogP contribution >= 0.6 is 0 Å². The van der Waals surface area contributed by atoms with Gasteiger partial charge in [0.1, 0.15) is 0 Å². The monoisotopic (exact) mass is 472 g/mol. The second-order valence-electron chi connectivity index (χ2n) is 14.3. The highest BCUT2D eigenvalue weighted by atomic mass is 16.4. The minimum Gasteiger partial charge on any atom is -0.481 e. The number of hydrogen-bond acceptors (Lipinski definition) is 3. The van der Waals surface area contributed by atoms with Crippen molar-refractivity contribution < 1.29 is 20.1 Å². The number of carboxylic acids is 1. The van der Waals surface area contributed by atoms with Gasteiger partial charge in [-0.3, -0.25) is 4.79 Å². The summed E-state index contributed by atoms with van der Waals surface area (Å²) in [5, 5.41) is 31.9. The van der Waals surface area contributed by atoms with Gasteiger partial charge >= 0.3 is 5.97 Å². The molecule has 0 amide bonds. The molecule has 4 fully saturated rings. The van der Waals surface area contributed by atoms with Crippen molar-refractivity contribution in [3.05, 3.63) is 11.6 Å². The number of aliphatic carboxylic acids is 1. The summed E-state index contributed by atoms with van der Waals surface area (Å²) in [6, 6.07) is 0. The number of carboxylic acid groups (broad SMARTS) is 1. The van der Waals surface area contributed by atoms with Crippen molar-refractivity contribution in [2.75, 3.05) is 6.61 Å². The van der Waals surface area contributed by atoms with Crippen LogP contribution in [0, 0.1) is 56.7 Å². The first kappa shape index (κ1) is 24.8. The summed E-state index contributed by atoms with van der Waals surface area (Å²) in [6.07, 6.45) is 10.6. The summed E-state index contributed by atoms with van der Waals surface area (Å²) < 4.78 is 0. The normalized spacial score (nSPS) is 56.9. The van der Waals surface area contributed by atoms with Gasteiger partial charge in [0, 0.05) is 5.41 Å². The van der Waals surface area contributed by atoms with Crippen LogP contribution in [0.5, 0.6) is 0 Å². The lowest BCUT2D eigenvalue weighted by Gasteiger charge is -2.71. The fraction of sp³-hybridized carbons (Fsp3) is 0.900. The average molecular weight is 473 g/mol. The maximum absolute atomic E-state index is 12.8. The van der Waals surface area contributed by atoms with Gasteiger partial charge in [-0.15, -0.1) is 0 Å². The van der Waals surface area contributed by atoms with Gasteiger partial charge in [0.15, 0.2) is 0 Å². The topological polar surface area (TPSA) is 77.8 Å². The van der Waals surface area contributed by atoms with E-state index in [2.05, 4.69) is 47.6 Å². The molecule has 4 saturated carbocycles. The number of carbonyl (C=O) groups is 1. The zero-order valence-electron chi connectivity index (χ0n) is 22.4. The molecule has 5 rings (SSSR count). The predicted molar refractivity (Wildman–Crippen MR) is 134 cm³/mol. The Hall–Kier alpha value is -0.870. The third-order valence-corrected chi connectivity index (χ3v) is 13.5. The van der Waals surface area contributed by atoms with Crippen LogP contribution < -0.4 is 0 Å². The second kappa shape index (κ2) is 7.57. The summed E-state index contributed by atoms with van der Waals surface area (Å²) in [4.78, 5) is 12.8. The van der Waals surface area contributed by atoms with Gasteiger partial charge in [0.2, 0.25) is 0 Å². The van der Waals surface area contributed by atoms with E-state index in [0.717, 1.165) is 57.8 Å². The second-order valence-corrected chi connectivity index (χ2v) is 14.3. The van der Waals surface area contributed by atoms with E-state index in [4.69, 9.17) is 0 Å². The Morgan fingerprint density at radius 1 is 0.971 bits per heavy atom. The van der Waals surface area contributed by atoms with Crippen molar-refractivity contribution in [3.8, 4) is 0 Å². The van der Waals surface area contributed by atoms with Gasteiger partial charge in [0.25, 0.3) is 0 Å². The molecule has 3 N–H and O–H groups in total. The van der Waals surface area contributed by atoms with E-state index in [1.807, 2.05) is 0 Å². The van der Waals surface area contributed by atoms with Crippen molar-refractivity contribution in [1.29, 1.82) is 0 Å². The molecule has 192 valence electrons. The first-order chi connectivity index (χ1) is 15.8. The molecule has 0 bridgehead atoms. The number of fused-ring (bicyclic) bond motifs is 7. The molecular formula is C30H48O4. The van der Waals surface area contributed by atoms with Crippen LogP contribution in [0.25, 0.3) is 0 Å². The van der Waals surface area contributed by atoms with E-state index < -0.39 is 22.9 Å². The first-order valence-corrected chi connectivity index (χ1v) is 14.0. The van der Waals surface area contributed by atoms with Crippen molar-refractivity contribution in [2.24, 2.45) is 56.7 Å². The molecule has 3 unspecified atom stereocenters. The molecule has 0 aliphatic heterocycles. The highest BCUT2D eigenvalue weighted by Gasteiger charge is 2.69. The molecule has 5 aliphatic rings. The van der Waals surface area contributed by atoms with Gasteiger partial charge in [-0.2, -0.15) is 0 Å². The van der Waals surface area contributed by atoms with Crippen LogP contribution in [0.3, 0.4) is 0 Å². The third kappa shape index (κ3) is 2.76. The summed E-state index contributed by atoms with van der Waals surface area (Å²) >= 11 is 0. The number of aliphatic hydroxyl groups is 2. The van der Waals surface area contributed by atoms with Crippen molar-refractivity contribution in [1.82, 2.24) is 0 Å². The van der Waals surface area contributed by atoms with Crippen molar-refractivity contribution >= 4 is 5.97 Å². The molecule has 4 heteroatoms. The molecule has 0 heterocycles. The Morgan fingerprint density at radius 3 is 2.32 bits per heavy atom. The fourth-order valence-corrected chi connectivity index (χ4v) is 10.9. The maximum atomic E-state index is 12.8. The average Bonchev–Trinajstić information content (AvgIpc) is 2.79. The fourth-order valence-electron chi connectivity index (χ4n) is 10.9. The number of rotatable bonds is 2. The van der Waals surface area contributed by atoms with Crippen LogP contribution in [0.2, 0.25) is 0 Å². The minimum atomic E-state index is -0.591. The van der Waals surface area contributed by atoms with Crippen LogP contribution in [-0.4, -0.2) is 34.0 Å². The van der Waals surface area contributed by atoms with E-state index in [1.54, 1.807) is 0 Å². The predicted octanol–water partition coefficient (Wildman–Crippen LogP) is 6.06. The number of allylic oxidation sites excluding steroid dienone is 2. The zero-order valence-corrected chi connectivity index (χ0v) is 22.4. The van der Waals surface area contributed by atoms with Crippen LogP contribution in [0.1, 0.15) is 99.3 Å². The lowest BCUT2D eigenvalue weighted by molar-refractivity contribution is -0.217. The summed E-state index contributed by atoms with van der Waals surface area (Å²) in [5.74, 6) is 1.35. The van der Waals surface area contributed by atoms with E-state index in [9.17, 15) is 20.1 Å². The molecule has 0 aromatic carbocycles. The molecule has 11 atom stereocenters. The highest BCUT2D eigenvalue weighted by Crippen LogP contribution is 2.75. The smallest absolute Gasteiger partial charge is 0.310 e. The molecule has 0 saturated heterocycles. The molecule has 0 aromatic heterocycles. The zero-order chi connectivity index (χ0) is 24.9. The highest BCUT2D eigenvalue weighted by molar-refractivity contribution is 5.76. The van der Waals surface area contributed by atoms with E-state index in [1.165, 1.54) is 5.57 Å². The quantitative estimate of drug-likeness (QED) is 0.427. The molecule has 0 aromatic rings. The van der Waals surface area contributed by atoms with Gasteiger partial charge in [-0.05, 0) is 104 Å². The van der Waals surface area contributed by atoms with E-state index in [-0.39, 0.29) is 28.8 Å². The maximum Gasteiger partial charge on any atom is 0.310 e. The standard InChI is InChI=1S/C30H48O4/c1-18-9-14-30(25(33)34)16-15-28(5)20(24(30)19(18)2)7-8-22-26(3)12-11-23(32)27(4,17-31)21(26)10-13-29(22,28)6/h7,18-19,21-24,31-32H,8-17H2,1-6H3,(H,33,34)/t18-,19+,21?,22-,23?,24+,26+,27?,28-,29-,30+/m1/s1. The Kier molecular flexibility index (Phi) is 5.52. The van der Waals surface area contributed by atoms with Crippen LogP contribution in [0.4, 0.5) is 0 Å². The molecule has 5 aliphatic carbocycles. The van der Waals surface area contributed by atoms with Crippen molar-refractivity contribution in [2.45, 2.75) is 105 Å². The third-order valence-electron chi connectivity index (χ3n) is 13.5. The largest absolute Gasteiger partial charge is 0.481 e. The minimum absolute atomic E-state index is 0.0184. The Bertz CT molecular complexity index is 896. The van der Waals surface area contributed by atoms with E-state index >= 15 is 0 Å². The van der Waals surface area contributed by atoms with Crippen molar-refractivity contribution in [3.63, 3.8) is 0 Å². The summed E-state index contributed by atoms with van der Waals surface area (Å²) in [6.45, 7) is 14.3. The van der Waals surface area contributed by atoms with Gasteiger partial charge in [-0.1, -0.05) is 53.2 Å². The number of aliphatic hydroxyl groups excluding tert-OH is 2. The number of hydrogen-bond donors (Lipinski definition) is 3. The molecule has 4 nitrogen and oxygen atoms in total. The van der Waals surface area contributed by atoms with Gasteiger partial charge in [0.05, 0.1) is 18.1 Å². The SMILES string of the molecule is C[C@H]1[C@H](C)CC[C@]2(C(=O)O)CC[C@]3(C)C(=CC[C@@H]4[C@@]5(C)CCC(O)C(C)(CO)C5CC[C@]43C)[C@H]12. The van der Waals surface area contributed by atoms with Gasteiger partial charge < -0.3 is 15.3 Å². The first-order valence-electron chi connectivity index (χ1n) is 14.0. The Labute approximate surface area is 206 Å². The molecular weight excluding hydrogens is 424 g/mol. The van der Waals surface area contributed by atoms with E-state index in [0.29, 0.717) is 23.7 Å². The van der Waals surface area contributed by atoms with Gasteiger partial charge in [-0.25, -0.2) is 0 Å². The molecule has 0 radical (unpaired) electrons. The Morgan fingerprint density at radius 2 is 1.68 bits per heavy atom. The van der Waals surface area contributed by atoms with Crippen LogP contribution in [-0.2, 0) is 4.79 Å². The Balaban J connectivity index is 1.61. The lowest BCUT2D eigenvalue weighted by atomic mass is 9.33.